The number of aromatic nitrogens is 2. The first-order valence-corrected chi connectivity index (χ1v) is 6.06. The Bertz CT molecular complexity index is 674. The van der Waals surface area contributed by atoms with Gasteiger partial charge in [-0.3, -0.25) is 4.79 Å². The monoisotopic (exact) mass is 311 g/mol. The maximum absolute atomic E-state index is 11.9. The van der Waals surface area contributed by atoms with E-state index < -0.39 is 11.9 Å². The third-order valence-corrected chi connectivity index (χ3v) is 2.76. The molecular formula is C12H7Cl2N3O3. The van der Waals surface area contributed by atoms with E-state index in [4.69, 9.17) is 28.3 Å². The van der Waals surface area contributed by atoms with Crippen LogP contribution in [0.2, 0.25) is 10.2 Å². The average molecular weight is 312 g/mol. The zero-order chi connectivity index (χ0) is 14.7. The lowest BCUT2D eigenvalue weighted by Crippen LogP contribution is -2.16. The number of hydrogen-bond acceptors (Lipinski definition) is 4. The molecule has 0 saturated carbocycles. The average Bonchev–Trinajstić information content (AvgIpc) is 2.41. The van der Waals surface area contributed by atoms with Crippen LogP contribution in [0, 0.1) is 0 Å². The van der Waals surface area contributed by atoms with Crippen molar-refractivity contribution >= 4 is 40.8 Å². The van der Waals surface area contributed by atoms with Gasteiger partial charge in [-0.15, -0.1) is 10.2 Å². The summed E-state index contributed by atoms with van der Waals surface area (Å²) in [6, 6.07) is 6.89. The highest BCUT2D eigenvalue weighted by molar-refractivity contribution is 6.31. The lowest BCUT2D eigenvalue weighted by molar-refractivity contribution is 0.0698. The van der Waals surface area contributed by atoms with Gasteiger partial charge < -0.3 is 10.4 Å². The van der Waals surface area contributed by atoms with E-state index in [1.807, 2.05) is 0 Å². The minimum absolute atomic E-state index is 0.0145. The number of aromatic carboxylic acids is 1. The Balaban J connectivity index is 2.28. The van der Waals surface area contributed by atoms with Crippen LogP contribution < -0.4 is 5.32 Å². The van der Waals surface area contributed by atoms with Crippen molar-refractivity contribution in [2.45, 2.75) is 0 Å². The topological polar surface area (TPSA) is 92.2 Å². The standard InChI is InChI=1S/C12H7Cl2N3O3/c13-6-1-2-8(7(5-6)12(19)20)15-11(18)9-3-4-10(14)17-16-9/h1-5H,(H,15,18)(H,19,20). The van der Waals surface area contributed by atoms with Gasteiger partial charge in [-0.2, -0.15) is 0 Å². The summed E-state index contributed by atoms with van der Waals surface area (Å²) >= 11 is 11.3. The molecule has 0 aliphatic carbocycles. The first-order valence-electron chi connectivity index (χ1n) is 5.31. The number of benzene rings is 1. The summed E-state index contributed by atoms with van der Waals surface area (Å²) in [5, 5.41) is 19.0. The van der Waals surface area contributed by atoms with E-state index in [0.717, 1.165) is 0 Å². The number of carboxylic acids is 1. The summed E-state index contributed by atoms with van der Waals surface area (Å²) in [6.07, 6.45) is 0. The zero-order valence-electron chi connectivity index (χ0n) is 9.80. The summed E-state index contributed by atoms with van der Waals surface area (Å²) in [6.45, 7) is 0. The van der Waals surface area contributed by atoms with Gasteiger partial charge in [-0.1, -0.05) is 23.2 Å². The van der Waals surface area contributed by atoms with E-state index >= 15 is 0 Å². The van der Waals surface area contributed by atoms with Gasteiger partial charge in [-0.25, -0.2) is 4.79 Å². The molecule has 1 aromatic heterocycles. The molecular weight excluding hydrogens is 305 g/mol. The molecule has 0 atom stereocenters. The molecule has 0 bridgehead atoms. The molecule has 0 unspecified atom stereocenters. The molecule has 0 aliphatic heterocycles. The second-order valence-electron chi connectivity index (χ2n) is 3.69. The van der Waals surface area contributed by atoms with Gasteiger partial charge in [0.1, 0.15) is 0 Å². The number of anilines is 1. The van der Waals surface area contributed by atoms with Crippen molar-refractivity contribution in [1.82, 2.24) is 10.2 Å². The zero-order valence-corrected chi connectivity index (χ0v) is 11.3. The van der Waals surface area contributed by atoms with E-state index in [-0.39, 0.29) is 27.1 Å². The number of halogens is 2. The van der Waals surface area contributed by atoms with Crippen LogP contribution in [0.5, 0.6) is 0 Å². The molecule has 1 aromatic carbocycles. The van der Waals surface area contributed by atoms with Crippen LogP contribution in [0.4, 0.5) is 5.69 Å². The van der Waals surface area contributed by atoms with Crippen molar-refractivity contribution in [1.29, 1.82) is 0 Å². The van der Waals surface area contributed by atoms with Crippen molar-refractivity contribution < 1.29 is 14.7 Å². The Kier molecular flexibility index (Phi) is 4.16. The minimum atomic E-state index is -1.20. The van der Waals surface area contributed by atoms with Crippen LogP contribution in [-0.4, -0.2) is 27.2 Å². The van der Waals surface area contributed by atoms with E-state index in [2.05, 4.69) is 15.5 Å². The number of carbonyl (C=O) groups is 2. The first kappa shape index (κ1) is 14.2. The normalized spacial score (nSPS) is 10.1. The molecule has 1 amide bonds. The molecule has 0 saturated heterocycles. The number of amides is 1. The molecule has 0 spiro atoms. The first-order chi connectivity index (χ1) is 9.47. The van der Waals surface area contributed by atoms with Crippen molar-refractivity contribution in [2.75, 3.05) is 5.32 Å². The summed E-state index contributed by atoms with van der Waals surface area (Å²) in [4.78, 5) is 23.0. The van der Waals surface area contributed by atoms with Crippen LogP contribution in [-0.2, 0) is 0 Å². The number of carbonyl (C=O) groups excluding carboxylic acids is 1. The van der Waals surface area contributed by atoms with Crippen molar-refractivity contribution in [2.24, 2.45) is 0 Å². The van der Waals surface area contributed by atoms with E-state index in [1.54, 1.807) is 0 Å². The molecule has 6 nitrogen and oxygen atoms in total. The third-order valence-electron chi connectivity index (χ3n) is 2.32. The highest BCUT2D eigenvalue weighted by atomic mass is 35.5. The fraction of sp³-hybridized carbons (Fsp3) is 0. The minimum Gasteiger partial charge on any atom is -0.478 e. The number of nitrogens with zero attached hydrogens (tertiary/aromatic N) is 2. The summed E-state index contributed by atoms with van der Waals surface area (Å²) in [5.74, 6) is -1.80. The second-order valence-corrected chi connectivity index (χ2v) is 4.51. The summed E-state index contributed by atoms with van der Waals surface area (Å²) in [5.41, 5.74) is 0.0112. The second kappa shape index (κ2) is 5.85. The van der Waals surface area contributed by atoms with E-state index in [1.165, 1.54) is 30.3 Å². The number of rotatable bonds is 3. The molecule has 0 aliphatic rings. The molecule has 20 heavy (non-hydrogen) atoms. The van der Waals surface area contributed by atoms with Crippen LogP contribution in [0.15, 0.2) is 30.3 Å². The van der Waals surface area contributed by atoms with Gasteiger partial charge >= 0.3 is 5.97 Å². The molecule has 0 radical (unpaired) electrons. The summed E-state index contributed by atoms with van der Waals surface area (Å²) in [7, 11) is 0. The van der Waals surface area contributed by atoms with Gasteiger partial charge in [0.2, 0.25) is 0 Å². The summed E-state index contributed by atoms with van der Waals surface area (Å²) < 4.78 is 0. The molecule has 0 fully saturated rings. The van der Waals surface area contributed by atoms with Crippen molar-refractivity contribution in [3.05, 3.63) is 51.8 Å². The predicted octanol–water partition coefficient (Wildman–Crippen LogP) is 2.73. The Morgan fingerprint density at radius 1 is 1.10 bits per heavy atom. The van der Waals surface area contributed by atoms with E-state index in [9.17, 15) is 9.59 Å². The number of carboxylic acid groups (broad SMARTS) is 1. The van der Waals surface area contributed by atoms with Crippen LogP contribution >= 0.6 is 23.2 Å². The van der Waals surface area contributed by atoms with E-state index in [0.29, 0.717) is 0 Å². The van der Waals surface area contributed by atoms with Gasteiger partial charge in [0.15, 0.2) is 10.8 Å². The van der Waals surface area contributed by atoms with Gasteiger partial charge in [-0.05, 0) is 30.3 Å². The third kappa shape index (κ3) is 3.23. The molecule has 8 heteroatoms. The molecule has 2 rings (SSSR count). The van der Waals surface area contributed by atoms with Crippen LogP contribution in [0.25, 0.3) is 0 Å². The number of nitrogens with one attached hydrogen (secondary N) is 1. The fourth-order valence-corrected chi connectivity index (χ4v) is 1.70. The molecule has 1 heterocycles. The van der Waals surface area contributed by atoms with Crippen molar-refractivity contribution in [3.8, 4) is 0 Å². The SMILES string of the molecule is O=C(Nc1ccc(Cl)cc1C(=O)O)c1ccc(Cl)nn1. The largest absolute Gasteiger partial charge is 0.478 e. The number of hydrogen-bond donors (Lipinski definition) is 2. The maximum atomic E-state index is 11.9. The van der Waals surface area contributed by atoms with Crippen LogP contribution in [0.1, 0.15) is 20.8 Å². The highest BCUT2D eigenvalue weighted by Crippen LogP contribution is 2.21. The quantitative estimate of drug-likeness (QED) is 0.909. The maximum Gasteiger partial charge on any atom is 0.337 e. The Labute approximate surface area is 123 Å². The van der Waals surface area contributed by atoms with Crippen LogP contribution in [0.3, 0.4) is 0 Å². The predicted molar refractivity (Wildman–Crippen MR) is 73.4 cm³/mol. The fourth-order valence-electron chi connectivity index (χ4n) is 1.43. The lowest BCUT2D eigenvalue weighted by Gasteiger charge is -2.08. The Morgan fingerprint density at radius 2 is 1.85 bits per heavy atom. The van der Waals surface area contributed by atoms with Gasteiger partial charge in [0, 0.05) is 5.02 Å². The Morgan fingerprint density at radius 3 is 2.45 bits per heavy atom. The van der Waals surface area contributed by atoms with Gasteiger partial charge in [0.25, 0.3) is 5.91 Å². The lowest BCUT2D eigenvalue weighted by atomic mass is 10.1. The Hall–Kier alpha value is -2.18. The molecule has 102 valence electrons. The van der Waals surface area contributed by atoms with Gasteiger partial charge in [0.05, 0.1) is 11.3 Å². The highest BCUT2D eigenvalue weighted by Gasteiger charge is 2.15. The van der Waals surface area contributed by atoms with Crippen molar-refractivity contribution in [3.63, 3.8) is 0 Å². The molecule has 2 N–H and O–H groups in total. The molecule has 2 aromatic rings. The smallest absolute Gasteiger partial charge is 0.337 e.